The highest BCUT2D eigenvalue weighted by molar-refractivity contribution is 6.33. The standard InChI is InChI=1S/C44H48ClF2N11O4/c1-54-32-10-8-25(16-30(32)36-38(42(54)61)62-22-44(46,47)39(51-36)24-6-7-24)49-40-31(45)18-48-43(52-40)56-14-12-23(13-15-56)19-58-26-17-27(58)21-57(20-26)33-5-3-4-28-35(53-55(2)37(28)33)29-9-11-34(59)50-41(29)60/h3-5,8,10,16,18,23-24,26-27,29,39,51H,6-7,9,11-15,17,19-22H2,1-2H3,(H,48,49,52)(H,50,59,60)/t26?,27?,29?,39-/m0/s1. The number of para-hydroxylation sites is 1. The summed E-state index contributed by atoms with van der Waals surface area (Å²) < 4.78 is 39.2. The van der Waals surface area contributed by atoms with E-state index in [1.54, 1.807) is 19.3 Å². The van der Waals surface area contributed by atoms with E-state index in [4.69, 9.17) is 26.4 Å². The van der Waals surface area contributed by atoms with Crippen LogP contribution in [0.15, 0.2) is 47.4 Å². The van der Waals surface area contributed by atoms with Gasteiger partial charge in [0.05, 0.1) is 46.3 Å². The van der Waals surface area contributed by atoms with Crippen molar-refractivity contribution in [3.63, 3.8) is 0 Å². The highest BCUT2D eigenvalue weighted by Crippen LogP contribution is 2.46. The molecule has 2 aromatic carbocycles. The van der Waals surface area contributed by atoms with Crippen LogP contribution < -0.4 is 36.0 Å². The minimum Gasteiger partial charge on any atom is -0.480 e. The minimum absolute atomic E-state index is 0.105. The van der Waals surface area contributed by atoms with Crippen LogP contribution in [0.1, 0.15) is 56.6 Å². The fraction of sp³-hybridized carbons (Fsp3) is 0.500. The molecule has 5 aromatic rings. The molecule has 4 atom stereocenters. The van der Waals surface area contributed by atoms with Crippen LogP contribution in [0.3, 0.4) is 0 Å². The number of alkyl halides is 2. The number of fused-ring (bicyclic) bond motifs is 6. The number of aryl methyl sites for hydroxylation is 2. The van der Waals surface area contributed by atoms with Gasteiger partial charge in [0.15, 0.2) is 12.4 Å². The summed E-state index contributed by atoms with van der Waals surface area (Å²) in [6, 6.07) is 11.5. The number of hydrogen-bond donors (Lipinski definition) is 3. The van der Waals surface area contributed by atoms with Gasteiger partial charge in [-0.05, 0) is 74.6 Å². The number of carbonyl (C=O) groups excluding carboxylic acids is 2. The van der Waals surface area contributed by atoms with Crippen molar-refractivity contribution in [2.75, 3.05) is 59.8 Å². The third kappa shape index (κ3) is 6.69. The zero-order valence-electron chi connectivity index (χ0n) is 34.5. The van der Waals surface area contributed by atoms with Crippen molar-refractivity contribution in [3.05, 3.63) is 63.7 Å². The second kappa shape index (κ2) is 14.8. The maximum absolute atomic E-state index is 15.2. The lowest BCUT2D eigenvalue weighted by atomic mass is 9.84. The Morgan fingerprint density at radius 2 is 1.77 bits per heavy atom. The van der Waals surface area contributed by atoms with Crippen LogP contribution in [-0.2, 0) is 23.7 Å². The molecule has 15 nitrogen and oxygen atoms in total. The Balaban J connectivity index is 0.744. The maximum atomic E-state index is 15.2. The topological polar surface area (TPSA) is 155 Å². The average molecular weight is 868 g/mol. The molecule has 0 radical (unpaired) electrons. The van der Waals surface area contributed by atoms with E-state index in [1.807, 2.05) is 29.9 Å². The Bertz CT molecular complexity index is 2700. The van der Waals surface area contributed by atoms with E-state index in [2.05, 4.69) is 47.8 Å². The third-order valence-electron chi connectivity index (χ3n) is 14.1. The number of nitrogens with zero attached hydrogens (tertiary/aromatic N) is 8. The quantitative estimate of drug-likeness (QED) is 0.168. The average Bonchev–Trinajstić information content (AvgIpc) is 4.07. The highest BCUT2D eigenvalue weighted by Gasteiger charge is 2.51. The molecule has 2 amide bonds. The van der Waals surface area contributed by atoms with Crippen LogP contribution in [0, 0.1) is 11.8 Å². The van der Waals surface area contributed by atoms with Crippen LogP contribution in [0.2, 0.25) is 5.02 Å². The molecular formula is C44H48ClF2N11O4. The first-order chi connectivity index (χ1) is 29.9. The van der Waals surface area contributed by atoms with E-state index in [1.165, 1.54) is 11.0 Å². The summed E-state index contributed by atoms with van der Waals surface area (Å²) in [5.41, 5.74) is 3.91. The molecule has 1 saturated carbocycles. The summed E-state index contributed by atoms with van der Waals surface area (Å²) in [6.45, 7) is 3.69. The summed E-state index contributed by atoms with van der Waals surface area (Å²) >= 11 is 6.65. The van der Waals surface area contributed by atoms with Crippen molar-refractivity contribution in [1.29, 1.82) is 0 Å². The minimum atomic E-state index is -3.13. The Morgan fingerprint density at radius 3 is 2.53 bits per heavy atom. The number of aromatic nitrogens is 5. The predicted octanol–water partition coefficient (Wildman–Crippen LogP) is 5.53. The first kappa shape index (κ1) is 39.3. The Labute approximate surface area is 360 Å². The number of rotatable bonds is 8. The molecule has 18 heteroatoms. The number of piperidine rings is 3. The molecule has 2 bridgehead atoms. The second-order valence-corrected chi connectivity index (χ2v) is 18.5. The third-order valence-corrected chi connectivity index (χ3v) is 14.4. The van der Waals surface area contributed by atoms with E-state index in [0.717, 1.165) is 67.8 Å². The predicted molar refractivity (Wildman–Crippen MR) is 232 cm³/mol. The van der Waals surface area contributed by atoms with E-state index in [0.29, 0.717) is 77.1 Å². The van der Waals surface area contributed by atoms with E-state index < -0.39 is 30.0 Å². The normalized spacial score (nSPS) is 25.2. The molecule has 5 saturated heterocycles. The smallest absolute Gasteiger partial charge is 0.301 e. The number of ether oxygens (including phenoxy) is 1. The summed E-state index contributed by atoms with van der Waals surface area (Å²) in [7, 11) is 3.55. The number of carbonyl (C=O) groups is 2. The number of anilines is 5. The summed E-state index contributed by atoms with van der Waals surface area (Å²) in [5.74, 6) is -2.80. The van der Waals surface area contributed by atoms with Crippen molar-refractivity contribution in [3.8, 4) is 5.75 Å². The van der Waals surface area contributed by atoms with Gasteiger partial charge in [0.1, 0.15) is 5.02 Å². The molecule has 3 N–H and O–H groups in total. The SMILES string of the molecule is Cn1nc(C2CCC(=O)NC2=O)c2cccc(N3CC4CC(C3)N4CC3CCN(c4ncc(Cl)c(Nc5ccc6c(c5)c5c(c(=O)n6C)OCC(F)(F)[C@H](C6CC6)N5)n4)CC3)c21. The van der Waals surface area contributed by atoms with Crippen molar-refractivity contribution in [1.82, 2.24) is 34.5 Å². The molecule has 324 valence electrons. The van der Waals surface area contributed by atoms with Crippen molar-refractivity contribution in [2.24, 2.45) is 25.9 Å². The Morgan fingerprint density at radius 1 is 0.984 bits per heavy atom. The molecule has 3 aromatic heterocycles. The van der Waals surface area contributed by atoms with Gasteiger partial charge in [-0.1, -0.05) is 23.7 Å². The van der Waals surface area contributed by atoms with E-state index >= 15 is 8.78 Å². The lowest BCUT2D eigenvalue weighted by Gasteiger charge is -2.58. The first-order valence-electron chi connectivity index (χ1n) is 21.7. The number of hydrogen-bond acceptors (Lipinski definition) is 12. The van der Waals surface area contributed by atoms with E-state index in [-0.39, 0.29) is 29.2 Å². The number of halogens is 3. The fourth-order valence-electron chi connectivity index (χ4n) is 10.6. The van der Waals surface area contributed by atoms with Gasteiger partial charge in [0, 0.05) is 81.8 Å². The largest absolute Gasteiger partial charge is 0.480 e. The Kier molecular flexibility index (Phi) is 9.37. The molecule has 6 fully saturated rings. The fourth-order valence-corrected chi connectivity index (χ4v) is 10.8. The van der Waals surface area contributed by atoms with Gasteiger partial charge >= 0.3 is 5.92 Å². The molecule has 7 aliphatic rings. The number of amides is 2. The number of benzene rings is 2. The zero-order chi connectivity index (χ0) is 42.6. The highest BCUT2D eigenvalue weighted by atomic mass is 35.5. The second-order valence-electron chi connectivity index (χ2n) is 18.1. The van der Waals surface area contributed by atoms with Crippen LogP contribution in [-0.4, -0.2) is 104 Å². The van der Waals surface area contributed by atoms with Gasteiger partial charge in [-0.15, -0.1) is 0 Å². The first-order valence-corrected chi connectivity index (χ1v) is 22.1. The summed E-state index contributed by atoms with van der Waals surface area (Å²) in [4.78, 5) is 54.7. The van der Waals surface area contributed by atoms with Crippen LogP contribution >= 0.6 is 11.6 Å². The molecule has 62 heavy (non-hydrogen) atoms. The van der Waals surface area contributed by atoms with Gasteiger partial charge in [-0.2, -0.15) is 10.1 Å². The monoisotopic (exact) mass is 867 g/mol. The van der Waals surface area contributed by atoms with Crippen LogP contribution in [0.25, 0.3) is 21.8 Å². The number of imide groups is 1. The van der Waals surface area contributed by atoms with Crippen LogP contribution in [0.5, 0.6) is 5.75 Å². The van der Waals surface area contributed by atoms with E-state index in [9.17, 15) is 14.4 Å². The molecule has 6 aliphatic heterocycles. The van der Waals surface area contributed by atoms with Crippen molar-refractivity contribution >= 4 is 74.0 Å². The molecule has 9 heterocycles. The van der Waals surface area contributed by atoms with Crippen molar-refractivity contribution < 1.29 is 23.1 Å². The molecule has 1 aliphatic carbocycles. The van der Waals surface area contributed by atoms with Crippen LogP contribution in [0.4, 0.5) is 37.6 Å². The number of pyridine rings is 1. The van der Waals surface area contributed by atoms with Gasteiger partial charge in [0.2, 0.25) is 23.5 Å². The lowest BCUT2D eigenvalue weighted by molar-refractivity contribution is -0.134. The maximum Gasteiger partial charge on any atom is 0.301 e. The number of nitrogens with one attached hydrogen (secondary N) is 3. The molecule has 12 rings (SSSR count). The van der Waals surface area contributed by atoms with Gasteiger partial charge in [-0.25, -0.2) is 13.8 Å². The lowest BCUT2D eigenvalue weighted by Crippen LogP contribution is -2.69. The van der Waals surface area contributed by atoms with Gasteiger partial charge < -0.3 is 29.7 Å². The summed E-state index contributed by atoms with van der Waals surface area (Å²) in [5, 5.41) is 15.6. The number of piperazine rings is 1. The molecule has 3 unspecified atom stereocenters. The molecule has 0 spiro atoms. The van der Waals surface area contributed by atoms with Gasteiger partial charge in [-0.3, -0.25) is 29.3 Å². The summed E-state index contributed by atoms with van der Waals surface area (Å²) in [6.07, 6.45) is 7.00. The van der Waals surface area contributed by atoms with Gasteiger partial charge in [0.25, 0.3) is 5.56 Å². The van der Waals surface area contributed by atoms with Crippen molar-refractivity contribution in [2.45, 2.75) is 74.9 Å². The Hall–Kier alpha value is -5.55. The molecular weight excluding hydrogens is 820 g/mol. The zero-order valence-corrected chi connectivity index (χ0v) is 35.3.